The maximum atomic E-state index is 10.4. The smallest absolute Gasteiger partial charge is 0.113 e. The third kappa shape index (κ3) is 4.15. The number of nitrogens with zero attached hydrogens (tertiary/aromatic N) is 1. The summed E-state index contributed by atoms with van der Waals surface area (Å²) < 4.78 is 5.69. The van der Waals surface area contributed by atoms with E-state index in [-0.39, 0.29) is 0 Å². The minimum atomic E-state index is -1.39. The van der Waals surface area contributed by atoms with Crippen molar-refractivity contribution in [2.45, 2.75) is 43.9 Å². The van der Waals surface area contributed by atoms with Crippen molar-refractivity contribution in [1.82, 2.24) is 4.98 Å². The largest absolute Gasteiger partial charge is 0.394 e. The Morgan fingerprint density at radius 1 is 1.07 bits per heavy atom. The van der Waals surface area contributed by atoms with Gasteiger partial charge in [0.25, 0.3) is 0 Å². The highest BCUT2D eigenvalue weighted by Gasteiger charge is 2.43. The Kier molecular flexibility index (Phi) is 6.12. The Morgan fingerprint density at radius 3 is 2.62 bits per heavy atom. The normalized spacial score (nSPS) is 27.3. The molecule has 1 aromatic carbocycles. The Bertz CT molecular complexity index is 956. The first-order valence-electron chi connectivity index (χ1n) is 9.36. The fraction of sp³-hybridized carbons (Fsp3) is 0.381. The minimum absolute atomic E-state index is 0.440. The number of ether oxygens (including phenoxy) is 1. The molecule has 5 unspecified atom stereocenters. The second-order valence-electron chi connectivity index (χ2n) is 7.21. The molecule has 4 N–H and O–H groups in total. The molecule has 6 nitrogen and oxygen atoms in total. The van der Waals surface area contributed by atoms with Crippen LogP contribution in [0.5, 0.6) is 0 Å². The molecule has 2 aromatic heterocycles. The summed E-state index contributed by atoms with van der Waals surface area (Å²) in [5.74, 6) is 0. The third-order valence-electron chi connectivity index (χ3n) is 5.25. The molecule has 3 heterocycles. The van der Waals surface area contributed by atoms with Crippen molar-refractivity contribution in [1.29, 1.82) is 0 Å². The Morgan fingerprint density at radius 2 is 1.90 bits per heavy atom. The van der Waals surface area contributed by atoms with Gasteiger partial charge in [-0.25, -0.2) is 4.98 Å². The summed E-state index contributed by atoms with van der Waals surface area (Å²) in [6, 6.07) is 9.82. The Balaban J connectivity index is 1.58. The number of hydrogen-bond acceptors (Lipinski definition) is 8. The van der Waals surface area contributed by atoms with E-state index in [0.717, 1.165) is 21.0 Å². The zero-order valence-electron chi connectivity index (χ0n) is 15.8. The van der Waals surface area contributed by atoms with Crippen LogP contribution in [0.2, 0.25) is 0 Å². The van der Waals surface area contributed by atoms with Crippen molar-refractivity contribution in [2.24, 2.45) is 0 Å². The monoisotopic (exact) mass is 433 g/mol. The van der Waals surface area contributed by atoms with E-state index < -0.39 is 37.1 Å². The van der Waals surface area contributed by atoms with Gasteiger partial charge in [0.05, 0.1) is 16.5 Å². The van der Waals surface area contributed by atoms with Crippen LogP contribution in [0, 0.1) is 6.92 Å². The van der Waals surface area contributed by atoms with Crippen molar-refractivity contribution in [3.8, 4) is 9.75 Å². The minimum Gasteiger partial charge on any atom is -0.394 e. The summed E-state index contributed by atoms with van der Waals surface area (Å²) in [6.07, 6.45) is -3.24. The number of hydrogen-bond donors (Lipinski definition) is 4. The van der Waals surface area contributed by atoms with Crippen LogP contribution < -0.4 is 0 Å². The van der Waals surface area contributed by atoms with Gasteiger partial charge < -0.3 is 25.2 Å². The number of thiophene rings is 1. The van der Waals surface area contributed by atoms with Crippen molar-refractivity contribution in [3.05, 3.63) is 63.6 Å². The number of rotatable bonds is 5. The molecular weight excluding hydrogens is 410 g/mol. The Hall–Kier alpha value is -1.65. The van der Waals surface area contributed by atoms with Crippen molar-refractivity contribution in [3.63, 3.8) is 0 Å². The van der Waals surface area contributed by atoms with Gasteiger partial charge in [0.1, 0.15) is 30.5 Å². The van der Waals surface area contributed by atoms with E-state index in [1.807, 2.05) is 42.8 Å². The molecule has 0 amide bonds. The molecule has 0 aliphatic carbocycles. The lowest BCUT2D eigenvalue weighted by molar-refractivity contribution is -0.231. The fourth-order valence-corrected chi connectivity index (χ4v) is 5.28. The summed E-state index contributed by atoms with van der Waals surface area (Å²) in [6.45, 7) is 1.57. The highest BCUT2D eigenvalue weighted by atomic mass is 32.1. The van der Waals surface area contributed by atoms with Gasteiger partial charge >= 0.3 is 0 Å². The summed E-state index contributed by atoms with van der Waals surface area (Å²) in [4.78, 5) is 6.88. The molecule has 154 valence electrons. The van der Waals surface area contributed by atoms with Crippen LogP contribution in [0.25, 0.3) is 9.75 Å². The standard InChI is InChI=1S/C21H23NO5S2/c1-11-4-5-12(21-20(26)19(25)18(24)14(10-23)27-21)7-13(11)8-17-22-9-16(29-17)15-3-2-6-28-15/h2-7,9,14,18-21,23-26H,8,10H2,1H3. The lowest BCUT2D eigenvalue weighted by Gasteiger charge is -2.40. The topological polar surface area (TPSA) is 103 Å². The lowest BCUT2D eigenvalue weighted by atomic mass is 9.89. The van der Waals surface area contributed by atoms with Gasteiger partial charge in [-0.1, -0.05) is 24.3 Å². The second-order valence-corrected chi connectivity index (χ2v) is 9.27. The summed E-state index contributed by atoms with van der Waals surface area (Å²) >= 11 is 3.34. The number of benzene rings is 1. The molecular formula is C21H23NO5S2. The van der Waals surface area contributed by atoms with Gasteiger partial charge in [0.15, 0.2) is 0 Å². The molecule has 29 heavy (non-hydrogen) atoms. The number of aliphatic hydroxyl groups is 4. The second kappa shape index (κ2) is 8.61. The van der Waals surface area contributed by atoms with E-state index in [9.17, 15) is 20.4 Å². The van der Waals surface area contributed by atoms with E-state index in [1.54, 1.807) is 22.7 Å². The van der Waals surface area contributed by atoms with Crippen LogP contribution in [0.3, 0.4) is 0 Å². The van der Waals surface area contributed by atoms with E-state index in [4.69, 9.17) is 4.74 Å². The third-order valence-corrected chi connectivity index (χ3v) is 7.32. The average molecular weight is 434 g/mol. The molecule has 1 fully saturated rings. The molecule has 0 radical (unpaired) electrons. The van der Waals surface area contributed by atoms with Crippen molar-refractivity contribution < 1.29 is 25.2 Å². The molecule has 5 atom stereocenters. The lowest BCUT2D eigenvalue weighted by Crippen LogP contribution is -2.55. The Labute approximate surface area is 176 Å². The molecule has 1 aliphatic rings. The van der Waals surface area contributed by atoms with Crippen LogP contribution in [-0.4, -0.2) is 56.4 Å². The van der Waals surface area contributed by atoms with Gasteiger partial charge in [-0.3, -0.25) is 0 Å². The summed E-state index contributed by atoms with van der Waals surface area (Å²) in [7, 11) is 0. The maximum absolute atomic E-state index is 10.4. The SMILES string of the molecule is Cc1ccc(C2OC(CO)C(O)C(O)C2O)cc1Cc1ncc(-c2cccs2)s1. The highest BCUT2D eigenvalue weighted by Crippen LogP contribution is 2.35. The van der Waals surface area contributed by atoms with Crippen LogP contribution >= 0.6 is 22.7 Å². The van der Waals surface area contributed by atoms with Crippen molar-refractivity contribution >= 4 is 22.7 Å². The first kappa shape index (κ1) is 20.6. The first-order valence-corrected chi connectivity index (χ1v) is 11.1. The van der Waals surface area contributed by atoms with E-state index in [0.29, 0.717) is 12.0 Å². The number of aryl methyl sites for hydroxylation is 1. The van der Waals surface area contributed by atoms with Crippen LogP contribution in [0.4, 0.5) is 0 Å². The molecule has 8 heteroatoms. The van der Waals surface area contributed by atoms with Crippen LogP contribution in [0.1, 0.15) is 27.8 Å². The molecule has 0 spiro atoms. The summed E-state index contributed by atoms with van der Waals surface area (Å²) in [5.41, 5.74) is 2.83. The molecule has 4 rings (SSSR count). The molecule has 1 saturated heterocycles. The van der Waals surface area contributed by atoms with E-state index >= 15 is 0 Å². The molecule has 3 aromatic rings. The molecule has 0 saturated carbocycles. The predicted molar refractivity (Wildman–Crippen MR) is 112 cm³/mol. The number of aliphatic hydroxyl groups excluding tert-OH is 4. The van der Waals surface area contributed by atoms with E-state index in [1.165, 1.54) is 4.88 Å². The van der Waals surface area contributed by atoms with Crippen molar-refractivity contribution in [2.75, 3.05) is 6.61 Å². The van der Waals surface area contributed by atoms with Crippen LogP contribution in [0.15, 0.2) is 41.9 Å². The number of thiazole rings is 1. The van der Waals surface area contributed by atoms with Gasteiger partial charge in [-0.2, -0.15) is 0 Å². The van der Waals surface area contributed by atoms with Gasteiger partial charge in [-0.15, -0.1) is 22.7 Å². The zero-order valence-corrected chi connectivity index (χ0v) is 17.4. The quantitative estimate of drug-likeness (QED) is 0.492. The molecule has 0 bridgehead atoms. The van der Waals surface area contributed by atoms with Gasteiger partial charge in [0.2, 0.25) is 0 Å². The van der Waals surface area contributed by atoms with Crippen LogP contribution in [-0.2, 0) is 11.2 Å². The molecule has 1 aliphatic heterocycles. The van der Waals surface area contributed by atoms with E-state index in [2.05, 4.69) is 11.1 Å². The highest BCUT2D eigenvalue weighted by molar-refractivity contribution is 7.21. The average Bonchev–Trinajstić information content (AvgIpc) is 3.40. The van der Waals surface area contributed by atoms with Gasteiger partial charge in [-0.05, 0) is 35.1 Å². The summed E-state index contributed by atoms with van der Waals surface area (Å²) in [5, 5.41) is 42.9. The van der Waals surface area contributed by atoms with Gasteiger partial charge in [0, 0.05) is 17.5 Å². The first-order chi connectivity index (χ1) is 14.0. The fourth-order valence-electron chi connectivity index (χ4n) is 3.52. The maximum Gasteiger partial charge on any atom is 0.113 e. The predicted octanol–water partition coefficient (Wildman–Crippen LogP) is 2.29. The zero-order chi connectivity index (χ0) is 20.5. The number of aromatic nitrogens is 1.